The van der Waals surface area contributed by atoms with Crippen molar-refractivity contribution in [2.75, 3.05) is 13.2 Å². The molecule has 0 amide bonds. The van der Waals surface area contributed by atoms with Crippen LogP contribution in [0.15, 0.2) is 28.7 Å². The average Bonchev–Trinajstić information content (AvgIpc) is 2.26. The third-order valence-corrected chi connectivity index (χ3v) is 2.97. The van der Waals surface area contributed by atoms with Crippen LogP contribution in [0, 0.1) is 0 Å². The van der Waals surface area contributed by atoms with Crippen LogP contribution in [0.1, 0.15) is 12.5 Å². The van der Waals surface area contributed by atoms with E-state index in [1.165, 1.54) is 0 Å². The van der Waals surface area contributed by atoms with E-state index < -0.39 is 11.5 Å². The molecule has 1 rings (SSSR count). The van der Waals surface area contributed by atoms with Crippen molar-refractivity contribution in [1.82, 2.24) is 5.32 Å². The molecule has 0 aliphatic carbocycles. The van der Waals surface area contributed by atoms with Gasteiger partial charge >= 0.3 is 5.97 Å². The smallest absolute Gasteiger partial charge is 0.328 e. The highest BCUT2D eigenvalue weighted by atomic mass is 79.9. The maximum absolute atomic E-state index is 11.3. The van der Waals surface area contributed by atoms with E-state index in [9.17, 15) is 9.90 Å². The first-order chi connectivity index (χ1) is 7.50. The fraction of sp³-hybridized carbons (Fsp3) is 0.364. The molecule has 0 fully saturated rings. The Morgan fingerprint density at radius 3 is 2.44 bits per heavy atom. The van der Waals surface area contributed by atoms with Crippen molar-refractivity contribution in [2.24, 2.45) is 0 Å². The molecule has 1 aromatic carbocycles. The number of aliphatic hydroxyl groups is 1. The Labute approximate surface area is 102 Å². The van der Waals surface area contributed by atoms with E-state index in [4.69, 9.17) is 5.11 Å². The summed E-state index contributed by atoms with van der Waals surface area (Å²) in [6.45, 7) is 1.71. The Morgan fingerprint density at radius 2 is 2.00 bits per heavy atom. The SMILES string of the molecule is CC(NCCO)(C(=O)O)c1ccc(Br)cc1. The van der Waals surface area contributed by atoms with Gasteiger partial charge in [0, 0.05) is 11.0 Å². The maximum Gasteiger partial charge on any atom is 0.328 e. The van der Waals surface area contributed by atoms with Crippen molar-refractivity contribution < 1.29 is 15.0 Å². The van der Waals surface area contributed by atoms with Gasteiger partial charge in [-0.15, -0.1) is 0 Å². The predicted octanol–water partition coefficient (Wildman–Crippen LogP) is 1.33. The molecule has 88 valence electrons. The van der Waals surface area contributed by atoms with Gasteiger partial charge in [-0.2, -0.15) is 0 Å². The molecule has 1 unspecified atom stereocenters. The Balaban J connectivity index is 3.01. The number of benzene rings is 1. The molecular formula is C11H14BrNO3. The Bertz CT molecular complexity index is 366. The van der Waals surface area contributed by atoms with Gasteiger partial charge in [0.15, 0.2) is 0 Å². The first-order valence-electron chi connectivity index (χ1n) is 4.86. The van der Waals surface area contributed by atoms with Crippen molar-refractivity contribution in [3.63, 3.8) is 0 Å². The quantitative estimate of drug-likeness (QED) is 0.764. The fourth-order valence-corrected chi connectivity index (χ4v) is 1.65. The minimum Gasteiger partial charge on any atom is -0.480 e. The van der Waals surface area contributed by atoms with Crippen molar-refractivity contribution in [2.45, 2.75) is 12.5 Å². The van der Waals surface area contributed by atoms with Gasteiger partial charge in [-0.05, 0) is 24.6 Å². The molecule has 0 aromatic heterocycles. The molecule has 1 atom stereocenters. The van der Waals surface area contributed by atoms with Gasteiger partial charge in [-0.1, -0.05) is 28.1 Å². The van der Waals surface area contributed by atoms with Crippen LogP contribution >= 0.6 is 15.9 Å². The number of carboxylic acid groups (broad SMARTS) is 1. The second-order valence-electron chi connectivity index (χ2n) is 3.59. The highest BCUT2D eigenvalue weighted by molar-refractivity contribution is 9.10. The molecule has 4 nitrogen and oxygen atoms in total. The van der Waals surface area contributed by atoms with Gasteiger partial charge in [0.1, 0.15) is 5.54 Å². The number of halogens is 1. The first-order valence-corrected chi connectivity index (χ1v) is 5.65. The Morgan fingerprint density at radius 1 is 1.44 bits per heavy atom. The van der Waals surface area contributed by atoms with E-state index in [2.05, 4.69) is 21.2 Å². The molecule has 16 heavy (non-hydrogen) atoms. The molecule has 1 aromatic rings. The lowest BCUT2D eigenvalue weighted by molar-refractivity contribution is -0.144. The summed E-state index contributed by atoms with van der Waals surface area (Å²) in [6.07, 6.45) is 0. The molecule has 0 radical (unpaired) electrons. The zero-order valence-electron chi connectivity index (χ0n) is 8.90. The summed E-state index contributed by atoms with van der Waals surface area (Å²) in [5.74, 6) is -0.969. The topological polar surface area (TPSA) is 69.6 Å². The molecule has 0 saturated carbocycles. The second-order valence-corrected chi connectivity index (χ2v) is 4.50. The summed E-state index contributed by atoms with van der Waals surface area (Å²) in [7, 11) is 0. The highest BCUT2D eigenvalue weighted by Gasteiger charge is 2.34. The standard InChI is InChI=1S/C11H14BrNO3/c1-11(10(15)16,13-6-7-14)8-2-4-9(12)5-3-8/h2-5,13-14H,6-7H2,1H3,(H,15,16). The summed E-state index contributed by atoms with van der Waals surface area (Å²) >= 11 is 3.29. The van der Waals surface area contributed by atoms with Gasteiger partial charge in [-0.3, -0.25) is 5.32 Å². The summed E-state index contributed by atoms with van der Waals surface area (Å²) in [5.41, 5.74) is -0.527. The normalized spacial score (nSPS) is 14.4. The zero-order chi connectivity index (χ0) is 12.2. The summed E-state index contributed by atoms with van der Waals surface area (Å²) in [6, 6.07) is 7.06. The molecule has 0 bridgehead atoms. The van der Waals surface area contributed by atoms with Crippen LogP contribution in [0.5, 0.6) is 0 Å². The molecule has 5 heteroatoms. The summed E-state index contributed by atoms with van der Waals surface area (Å²) in [5, 5.41) is 20.8. The maximum atomic E-state index is 11.3. The number of carboxylic acids is 1. The number of aliphatic hydroxyl groups excluding tert-OH is 1. The molecule has 3 N–H and O–H groups in total. The lowest BCUT2D eigenvalue weighted by Crippen LogP contribution is -2.47. The Kier molecular flexibility index (Phi) is 4.46. The lowest BCUT2D eigenvalue weighted by Gasteiger charge is -2.26. The highest BCUT2D eigenvalue weighted by Crippen LogP contribution is 2.22. The third-order valence-electron chi connectivity index (χ3n) is 2.44. The molecule has 0 aliphatic rings. The summed E-state index contributed by atoms with van der Waals surface area (Å²) in [4.78, 5) is 11.3. The van der Waals surface area contributed by atoms with Crippen molar-refractivity contribution in [1.29, 1.82) is 0 Å². The van der Waals surface area contributed by atoms with E-state index in [0.717, 1.165) is 4.47 Å². The van der Waals surface area contributed by atoms with E-state index in [0.29, 0.717) is 5.56 Å². The van der Waals surface area contributed by atoms with Gasteiger partial charge in [0.05, 0.1) is 6.61 Å². The predicted molar refractivity (Wildman–Crippen MR) is 64.2 cm³/mol. The average molecular weight is 288 g/mol. The first kappa shape index (κ1) is 13.2. The van der Waals surface area contributed by atoms with Crippen LogP contribution in [0.4, 0.5) is 0 Å². The van der Waals surface area contributed by atoms with Crippen molar-refractivity contribution in [3.05, 3.63) is 34.3 Å². The molecular weight excluding hydrogens is 274 g/mol. The van der Waals surface area contributed by atoms with Crippen molar-refractivity contribution >= 4 is 21.9 Å². The van der Waals surface area contributed by atoms with Gasteiger partial charge in [-0.25, -0.2) is 4.79 Å². The van der Waals surface area contributed by atoms with Gasteiger partial charge in [0.25, 0.3) is 0 Å². The van der Waals surface area contributed by atoms with Crippen LogP contribution in [0.3, 0.4) is 0 Å². The number of hydrogen-bond donors (Lipinski definition) is 3. The van der Waals surface area contributed by atoms with E-state index in [1.54, 1.807) is 31.2 Å². The van der Waals surface area contributed by atoms with Crippen molar-refractivity contribution in [3.8, 4) is 0 Å². The molecule has 0 aliphatic heterocycles. The van der Waals surface area contributed by atoms with Crippen LogP contribution < -0.4 is 5.32 Å². The number of aliphatic carboxylic acids is 1. The number of rotatable bonds is 5. The summed E-state index contributed by atoms with van der Waals surface area (Å²) < 4.78 is 0.895. The van der Waals surface area contributed by atoms with Gasteiger partial charge < -0.3 is 10.2 Å². The fourth-order valence-electron chi connectivity index (χ4n) is 1.39. The van der Waals surface area contributed by atoms with Crippen LogP contribution in [0.2, 0.25) is 0 Å². The second kappa shape index (κ2) is 5.43. The van der Waals surface area contributed by atoms with E-state index in [-0.39, 0.29) is 13.2 Å². The van der Waals surface area contributed by atoms with E-state index in [1.807, 2.05) is 0 Å². The largest absolute Gasteiger partial charge is 0.480 e. The van der Waals surface area contributed by atoms with E-state index >= 15 is 0 Å². The van der Waals surface area contributed by atoms with Crippen LogP contribution in [0.25, 0.3) is 0 Å². The van der Waals surface area contributed by atoms with Gasteiger partial charge in [0.2, 0.25) is 0 Å². The minimum absolute atomic E-state index is 0.0978. The zero-order valence-corrected chi connectivity index (χ0v) is 10.5. The minimum atomic E-state index is -1.18. The Hall–Kier alpha value is -0.910. The molecule has 0 heterocycles. The van der Waals surface area contributed by atoms with Crippen LogP contribution in [-0.4, -0.2) is 29.3 Å². The third kappa shape index (κ3) is 2.81. The number of hydrogen-bond acceptors (Lipinski definition) is 3. The molecule has 0 spiro atoms. The lowest BCUT2D eigenvalue weighted by atomic mass is 9.92. The van der Waals surface area contributed by atoms with Crippen LogP contribution in [-0.2, 0) is 10.3 Å². The number of carbonyl (C=O) groups is 1. The molecule has 0 saturated heterocycles. The monoisotopic (exact) mass is 287 g/mol. The number of nitrogens with one attached hydrogen (secondary N) is 1.